The van der Waals surface area contributed by atoms with Gasteiger partial charge in [0.25, 0.3) is 0 Å². The molecule has 1 aliphatic rings. The third-order valence-corrected chi connectivity index (χ3v) is 3.69. The standard InChI is InChI=1S/C13H24N2/c1-4-12(5-2)15(6-3)13-9-7-8-11(13)10-14/h1,11-13H,5-10,14H2,2-3H3. The molecule has 3 atom stereocenters. The minimum Gasteiger partial charge on any atom is -0.330 e. The Morgan fingerprint density at radius 3 is 2.67 bits per heavy atom. The molecule has 1 rings (SSSR count). The Kier molecular flexibility index (Phi) is 5.14. The molecule has 0 aromatic heterocycles. The molecule has 86 valence electrons. The van der Waals surface area contributed by atoms with Gasteiger partial charge in [-0.2, -0.15) is 0 Å². The van der Waals surface area contributed by atoms with Crippen LogP contribution in [-0.4, -0.2) is 30.1 Å². The summed E-state index contributed by atoms with van der Waals surface area (Å²) in [6, 6.07) is 0.924. The minimum absolute atomic E-state index is 0.298. The first-order valence-electron chi connectivity index (χ1n) is 6.20. The molecule has 0 saturated heterocycles. The van der Waals surface area contributed by atoms with Gasteiger partial charge in [0.2, 0.25) is 0 Å². The zero-order valence-electron chi connectivity index (χ0n) is 10.1. The first kappa shape index (κ1) is 12.5. The average molecular weight is 208 g/mol. The van der Waals surface area contributed by atoms with E-state index in [4.69, 9.17) is 12.2 Å². The van der Waals surface area contributed by atoms with E-state index in [0.29, 0.717) is 18.0 Å². The highest BCUT2D eigenvalue weighted by atomic mass is 15.2. The van der Waals surface area contributed by atoms with E-state index < -0.39 is 0 Å². The highest BCUT2D eigenvalue weighted by molar-refractivity contribution is 5.02. The van der Waals surface area contributed by atoms with E-state index in [0.717, 1.165) is 19.5 Å². The maximum absolute atomic E-state index is 5.82. The Bertz CT molecular complexity index is 219. The van der Waals surface area contributed by atoms with E-state index in [2.05, 4.69) is 24.7 Å². The second kappa shape index (κ2) is 6.15. The average Bonchev–Trinajstić information content (AvgIpc) is 2.73. The molecular formula is C13H24N2. The van der Waals surface area contributed by atoms with E-state index in [1.807, 2.05) is 0 Å². The van der Waals surface area contributed by atoms with Crippen molar-refractivity contribution in [3.63, 3.8) is 0 Å². The molecule has 0 aliphatic heterocycles. The predicted octanol–water partition coefficient (Wildman–Crippen LogP) is 1.85. The van der Waals surface area contributed by atoms with Crippen LogP contribution in [0.4, 0.5) is 0 Å². The lowest BCUT2D eigenvalue weighted by Crippen LogP contribution is -2.45. The quantitative estimate of drug-likeness (QED) is 0.699. The van der Waals surface area contributed by atoms with Gasteiger partial charge in [0, 0.05) is 6.04 Å². The van der Waals surface area contributed by atoms with Gasteiger partial charge in [0.05, 0.1) is 6.04 Å². The second-order valence-corrected chi connectivity index (χ2v) is 4.42. The summed E-state index contributed by atoms with van der Waals surface area (Å²) >= 11 is 0. The maximum atomic E-state index is 5.82. The Labute approximate surface area is 94.2 Å². The number of nitrogens with two attached hydrogens (primary N) is 1. The summed E-state index contributed by atoms with van der Waals surface area (Å²) in [5.41, 5.74) is 5.82. The second-order valence-electron chi connectivity index (χ2n) is 4.42. The SMILES string of the molecule is C#CC(CC)N(CC)C1CCCC1CN. The molecule has 0 aromatic rings. The van der Waals surface area contributed by atoms with Crippen molar-refractivity contribution in [2.45, 2.75) is 51.6 Å². The molecule has 1 saturated carbocycles. The van der Waals surface area contributed by atoms with Crippen LogP contribution in [-0.2, 0) is 0 Å². The van der Waals surface area contributed by atoms with Crippen LogP contribution in [0, 0.1) is 18.3 Å². The van der Waals surface area contributed by atoms with Crippen molar-refractivity contribution in [3.8, 4) is 12.3 Å². The zero-order chi connectivity index (χ0) is 11.3. The molecule has 1 aliphatic carbocycles. The van der Waals surface area contributed by atoms with Crippen LogP contribution in [0.1, 0.15) is 39.5 Å². The fourth-order valence-electron chi connectivity index (χ4n) is 2.86. The van der Waals surface area contributed by atoms with E-state index in [9.17, 15) is 0 Å². The molecule has 1 fully saturated rings. The molecule has 15 heavy (non-hydrogen) atoms. The molecule has 2 heteroatoms. The highest BCUT2D eigenvalue weighted by Crippen LogP contribution is 2.30. The predicted molar refractivity (Wildman–Crippen MR) is 65.5 cm³/mol. The summed E-state index contributed by atoms with van der Waals surface area (Å²) in [4.78, 5) is 2.48. The van der Waals surface area contributed by atoms with Gasteiger partial charge in [-0.05, 0) is 38.3 Å². The third-order valence-electron chi connectivity index (χ3n) is 3.69. The highest BCUT2D eigenvalue weighted by Gasteiger charge is 2.32. The van der Waals surface area contributed by atoms with Crippen LogP contribution >= 0.6 is 0 Å². The summed E-state index contributed by atoms with van der Waals surface area (Å²) in [6.45, 7) is 6.22. The van der Waals surface area contributed by atoms with E-state index in [1.54, 1.807) is 0 Å². The van der Waals surface area contributed by atoms with E-state index in [-0.39, 0.29) is 0 Å². The summed E-state index contributed by atoms with van der Waals surface area (Å²) in [6.07, 6.45) is 10.5. The number of hydrogen-bond acceptors (Lipinski definition) is 2. The van der Waals surface area contributed by atoms with Crippen LogP contribution < -0.4 is 5.73 Å². The Balaban J connectivity index is 2.68. The van der Waals surface area contributed by atoms with Gasteiger partial charge in [0.15, 0.2) is 0 Å². The third kappa shape index (κ3) is 2.74. The number of hydrogen-bond donors (Lipinski definition) is 1. The summed E-state index contributed by atoms with van der Waals surface area (Å²) < 4.78 is 0. The van der Waals surface area contributed by atoms with Crippen molar-refractivity contribution < 1.29 is 0 Å². The topological polar surface area (TPSA) is 29.3 Å². The Morgan fingerprint density at radius 2 is 2.20 bits per heavy atom. The van der Waals surface area contributed by atoms with Gasteiger partial charge >= 0.3 is 0 Å². The van der Waals surface area contributed by atoms with Crippen molar-refractivity contribution in [2.75, 3.05) is 13.1 Å². The smallest absolute Gasteiger partial charge is 0.0711 e. The van der Waals surface area contributed by atoms with Gasteiger partial charge in [0.1, 0.15) is 0 Å². The molecule has 0 aromatic carbocycles. The first-order valence-corrected chi connectivity index (χ1v) is 6.20. The van der Waals surface area contributed by atoms with Crippen molar-refractivity contribution >= 4 is 0 Å². The van der Waals surface area contributed by atoms with Crippen LogP contribution in [0.25, 0.3) is 0 Å². The largest absolute Gasteiger partial charge is 0.330 e. The van der Waals surface area contributed by atoms with Gasteiger partial charge in [-0.25, -0.2) is 0 Å². The number of rotatable bonds is 5. The Hall–Kier alpha value is -0.520. The van der Waals surface area contributed by atoms with Gasteiger partial charge in [-0.1, -0.05) is 26.2 Å². The van der Waals surface area contributed by atoms with Crippen LogP contribution in [0.3, 0.4) is 0 Å². The van der Waals surface area contributed by atoms with Crippen molar-refractivity contribution in [2.24, 2.45) is 11.7 Å². The lowest BCUT2D eigenvalue weighted by molar-refractivity contribution is 0.139. The van der Waals surface area contributed by atoms with Crippen LogP contribution in [0.15, 0.2) is 0 Å². The van der Waals surface area contributed by atoms with Crippen LogP contribution in [0.5, 0.6) is 0 Å². The normalized spacial score (nSPS) is 27.9. The van der Waals surface area contributed by atoms with E-state index in [1.165, 1.54) is 19.3 Å². The molecule has 0 heterocycles. The van der Waals surface area contributed by atoms with Crippen molar-refractivity contribution in [1.82, 2.24) is 4.90 Å². The first-order chi connectivity index (χ1) is 7.28. The van der Waals surface area contributed by atoms with Gasteiger partial charge in [-0.3, -0.25) is 4.90 Å². The molecule has 0 bridgehead atoms. The summed E-state index contributed by atoms with van der Waals surface area (Å²) in [5, 5.41) is 0. The summed E-state index contributed by atoms with van der Waals surface area (Å²) in [7, 11) is 0. The minimum atomic E-state index is 0.298. The maximum Gasteiger partial charge on any atom is 0.0711 e. The molecule has 2 nitrogen and oxygen atoms in total. The molecule has 0 spiro atoms. The van der Waals surface area contributed by atoms with Crippen molar-refractivity contribution in [3.05, 3.63) is 0 Å². The number of nitrogens with zero attached hydrogens (tertiary/aromatic N) is 1. The summed E-state index contributed by atoms with van der Waals surface area (Å²) in [5.74, 6) is 3.57. The van der Waals surface area contributed by atoms with Gasteiger partial charge in [-0.15, -0.1) is 6.42 Å². The van der Waals surface area contributed by atoms with Crippen molar-refractivity contribution in [1.29, 1.82) is 0 Å². The lowest BCUT2D eigenvalue weighted by Gasteiger charge is -2.35. The van der Waals surface area contributed by atoms with Gasteiger partial charge < -0.3 is 5.73 Å². The number of terminal acetylenes is 1. The van der Waals surface area contributed by atoms with Crippen LogP contribution in [0.2, 0.25) is 0 Å². The van der Waals surface area contributed by atoms with E-state index >= 15 is 0 Å². The zero-order valence-corrected chi connectivity index (χ0v) is 10.1. The lowest BCUT2D eigenvalue weighted by atomic mass is 10.00. The Morgan fingerprint density at radius 1 is 1.47 bits per heavy atom. The fourth-order valence-corrected chi connectivity index (χ4v) is 2.86. The molecule has 0 radical (unpaired) electrons. The molecule has 0 amide bonds. The monoisotopic (exact) mass is 208 g/mol. The fraction of sp³-hybridized carbons (Fsp3) is 0.846. The molecule has 2 N–H and O–H groups in total. The molecular weight excluding hydrogens is 184 g/mol. The molecule has 3 unspecified atom stereocenters.